The number of hydrogen-bond acceptors (Lipinski definition) is 5. The summed E-state index contributed by atoms with van der Waals surface area (Å²) in [5, 5.41) is 0. The van der Waals surface area contributed by atoms with E-state index in [2.05, 4.69) is 4.98 Å². The van der Waals surface area contributed by atoms with E-state index >= 15 is 0 Å². The first-order chi connectivity index (χ1) is 10.5. The Balaban J connectivity index is 1.67. The van der Waals surface area contributed by atoms with Crippen LogP contribution in [-0.2, 0) is 16.0 Å². The van der Waals surface area contributed by atoms with Gasteiger partial charge in [-0.2, -0.15) is 0 Å². The van der Waals surface area contributed by atoms with Gasteiger partial charge < -0.3 is 19.0 Å². The molecule has 0 spiro atoms. The molecule has 7 heteroatoms. The van der Waals surface area contributed by atoms with Crippen molar-refractivity contribution in [3.05, 3.63) is 38.2 Å². The minimum absolute atomic E-state index is 0.102. The molecule has 3 rings (SSSR count). The van der Waals surface area contributed by atoms with Gasteiger partial charge in [-0.1, -0.05) is 0 Å². The highest BCUT2D eigenvalue weighted by atomic mass is 32.1. The predicted molar refractivity (Wildman–Crippen MR) is 86.7 cm³/mol. The zero-order valence-electron chi connectivity index (χ0n) is 12.5. The third-order valence-corrected chi connectivity index (χ3v) is 5.07. The number of morpholine rings is 1. The van der Waals surface area contributed by atoms with Crippen molar-refractivity contribution in [3.63, 3.8) is 0 Å². The Kier molecular flexibility index (Phi) is 4.46. The molecule has 118 valence electrons. The normalized spacial score (nSPS) is 18.6. The van der Waals surface area contributed by atoms with Crippen molar-refractivity contribution in [3.8, 4) is 0 Å². The van der Waals surface area contributed by atoms with Crippen molar-refractivity contribution in [2.24, 2.45) is 0 Å². The molecule has 0 aliphatic carbocycles. The fourth-order valence-corrected chi connectivity index (χ4v) is 3.81. The molecule has 1 N–H and O–H groups in total. The summed E-state index contributed by atoms with van der Waals surface area (Å²) in [5.41, 5.74) is 0.981. The van der Waals surface area contributed by atoms with Gasteiger partial charge >= 0.3 is 0 Å². The maximum atomic E-state index is 12.5. The van der Waals surface area contributed by atoms with Crippen molar-refractivity contribution in [1.29, 1.82) is 0 Å². The predicted octanol–water partition coefficient (Wildman–Crippen LogP) is 3.16. The molecule has 1 atom stereocenters. The van der Waals surface area contributed by atoms with Gasteiger partial charge in [-0.25, -0.2) is 0 Å². The molecule has 2 aromatic rings. The number of rotatable bonds is 3. The van der Waals surface area contributed by atoms with Gasteiger partial charge in [0.1, 0.15) is 17.6 Å². The standard InChI is InChI=1S/C15H18N2O3S2/c1-9-3-4-11(20-9)12-8-17(5-6-19-12)14(18)7-13-10(2)16-15(21)22-13/h3-4,12H,5-8H2,1-2H3,(H,16,21). The molecule has 5 nitrogen and oxygen atoms in total. The third kappa shape index (κ3) is 3.31. The molecule has 1 fully saturated rings. The van der Waals surface area contributed by atoms with Crippen LogP contribution < -0.4 is 0 Å². The number of H-pyrrole nitrogens is 1. The van der Waals surface area contributed by atoms with Crippen molar-refractivity contribution in [2.45, 2.75) is 26.4 Å². The van der Waals surface area contributed by atoms with Crippen LogP contribution in [0.1, 0.15) is 28.2 Å². The highest BCUT2D eigenvalue weighted by molar-refractivity contribution is 7.73. The smallest absolute Gasteiger partial charge is 0.228 e. The number of amides is 1. The van der Waals surface area contributed by atoms with Gasteiger partial charge in [-0.05, 0) is 38.2 Å². The topological polar surface area (TPSA) is 58.5 Å². The largest absolute Gasteiger partial charge is 0.464 e. The van der Waals surface area contributed by atoms with Crippen molar-refractivity contribution in [1.82, 2.24) is 9.88 Å². The van der Waals surface area contributed by atoms with Gasteiger partial charge in [0, 0.05) is 17.1 Å². The first-order valence-electron chi connectivity index (χ1n) is 7.17. The van der Waals surface area contributed by atoms with Crippen molar-refractivity contribution < 1.29 is 13.9 Å². The lowest BCUT2D eigenvalue weighted by Crippen LogP contribution is -2.42. The summed E-state index contributed by atoms with van der Waals surface area (Å²) in [6, 6.07) is 3.82. The number of aromatic amines is 1. The highest BCUT2D eigenvalue weighted by Gasteiger charge is 2.27. The number of thiazole rings is 1. The lowest BCUT2D eigenvalue weighted by molar-refractivity contribution is -0.138. The number of carbonyl (C=O) groups excluding carboxylic acids is 1. The number of aryl methyl sites for hydroxylation is 2. The number of ether oxygens (including phenoxy) is 1. The highest BCUT2D eigenvalue weighted by Crippen LogP contribution is 2.25. The fourth-order valence-electron chi connectivity index (χ4n) is 2.53. The number of carbonyl (C=O) groups is 1. The molecule has 1 amide bonds. The fraction of sp³-hybridized carbons (Fsp3) is 0.467. The van der Waals surface area contributed by atoms with E-state index in [1.165, 1.54) is 11.3 Å². The molecule has 22 heavy (non-hydrogen) atoms. The third-order valence-electron chi connectivity index (χ3n) is 3.73. The molecular weight excluding hydrogens is 320 g/mol. The lowest BCUT2D eigenvalue weighted by Gasteiger charge is -2.32. The Hall–Kier alpha value is -1.44. The molecule has 1 aliphatic heterocycles. The SMILES string of the molecule is Cc1ccc(C2CN(C(=O)Cc3sc(=S)[nH]c3C)CCO2)o1. The first kappa shape index (κ1) is 15.5. The summed E-state index contributed by atoms with van der Waals surface area (Å²) in [7, 11) is 0. The summed E-state index contributed by atoms with van der Waals surface area (Å²) in [4.78, 5) is 18.4. The average Bonchev–Trinajstić information content (AvgIpc) is 3.05. The maximum absolute atomic E-state index is 12.5. The zero-order chi connectivity index (χ0) is 15.7. The second-order valence-electron chi connectivity index (χ2n) is 5.39. The number of furan rings is 1. The van der Waals surface area contributed by atoms with E-state index < -0.39 is 0 Å². The number of aromatic nitrogens is 1. The monoisotopic (exact) mass is 338 g/mol. The van der Waals surface area contributed by atoms with Gasteiger partial charge in [0.2, 0.25) is 5.91 Å². The summed E-state index contributed by atoms with van der Waals surface area (Å²) >= 11 is 6.59. The van der Waals surface area contributed by atoms with Crippen LogP contribution in [0, 0.1) is 17.8 Å². The van der Waals surface area contributed by atoms with E-state index in [1.54, 1.807) is 0 Å². The van der Waals surface area contributed by atoms with Crippen LogP contribution >= 0.6 is 23.6 Å². The molecule has 0 radical (unpaired) electrons. The molecule has 1 aliphatic rings. The van der Waals surface area contributed by atoms with E-state index in [-0.39, 0.29) is 12.0 Å². The van der Waals surface area contributed by atoms with E-state index in [1.807, 2.05) is 30.9 Å². The van der Waals surface area contributed by atoms with Crippen LogP contribution in [0.2, 0.25) is 0 Å². The maximum Gasteiger partial charge on any atom is 0.228 e. The Labute approximate surface area is 137 Å². The lowest BCUT2D eigenvalue weighted by atomic mass is 10.2. The molecule has 2 aromatic heterocycles. The van der Waals surface area contributed by atoms with Crippen LogP contribution in [0.15, 0.2) is 16.5 Å². The van der Waals surface area contributed by atoms with Gasteiger partial charge in [0.15, 0.2) is 3.95 Å². The molecule has 0 saturated carbocycles. The van der Waals surface area contributed by atoms with Crippen molar-refractivity contribution >= 4 is 29.5 Å². The molecule has 1 unspecified atom stereocenters. The van der Waals surface area contributed by atoms with Gasteiger partial charge in [0.25, 0.3) is 0 Å². The molecular formula is C15H18N2O3S2. The Morgan fingerprint density at radius 3 is 2.95 bits per heavy atom. The van der Waals surface area contributed by atoms with Gasteiger partial charge in [-0.3, -0.25) is 4.79 Å². The van der Waals surface area contributed by atoms with Crippen LogP contribution in [0.3, 0.4) is 0 Å². The number of hydrogen-bond donors (Lipinski definition) is 1. The summed E-state index contributed by atoms with van der Waals surface area (Å²) in [6.07, 6.45) is 0.199. The number of nitrogens with one attached hydrogen (secondary N) is 1. The van der Waals surface area contributed by atoms with Crippen molar-refractivity contribution in [2.75, 3.05) is 19.7 Å². The summed E-state index contributed by atoms with van der Waals surface area (Å²) in [5.74, 6) is 1.73. The van der Waals surface area contributed by atoms with E-state index in [0.717, 1.165) is 22.1 Å². The first-order valence-corrected chi connectivity index (χ1v) is 8.39. The minimum Gasteiger partial charge on any atom is -0.464 e. The molecule has 3 heterocycles. The second-order valence-corrected chi connectivity index (χ2v) is 7.16. The van der Waals surface area contributed by atoms with E-state index in [4.69, 9.17) is 21.4 Å². The van der Waals surface area contributed by atoms with Crippen LogP contribution in [0.25, 0.3) is 0 Å². The van der Waals surface area contributed by atoms with Crippen LogP contribution in [-0.4, -0.2) is 35.5 Å². The average molecular weight is 338 g/mol. The minimum atomic E-state index is -0.183. The van der Waals surface area contributed by atoms with Gasteiger partial charge in [0.05, 0.1) is 19.6 Å². The Bertz CT molecular complexity index is 731. The number of nitrogens with zero attached hydrogens (tertiary/aromatic N) is 1. The zero-order valence-corrected chi connectivity index (χ0v) is 14.2. The van der Waals surface area contributed by atoms with Crippen LogP contribution in [0.4, 0.5) is 0 Å². The summed E-state index contributed by atoms with van der Waals surface area (Å²) in [6.45, 7) is 5.52. The summed E-state index contributed by atoms with van der Waals surface area (Å²) < 4.78 is 12.1. The van der Waals surface area contributed by atoms with E-state index in [9.17, 15) is 4.79 Å². The molecule has 0 bridgehead atoms. The molecule has 1 saturated heterocycles. The van der Waals surface area contributed by atoms with Crippen LogP contribution in [0.5, 0.6) is 0 Å². The second kappa shape index (κ2) is 6.36. The molecule has 0 aromatic carbocycles. The van der Waals surface area contributed by atoms with E-state index in [0.29, 0.717) is 30.1 Å². The Morgan fingerprint density at radius 1 is 1.50 bits per heavy atom. The van der Waals surface area contributed by atoms with Gasteiger partial charge in [-0.15, -0.1) is 11.3 Å². The quantitative estimate of drug-likeness (QED) is 0.874. The Morgan fingerprint density at radius 2 is 2.32 bits per heavy atom.